The fourth-order valence-electron chi connectivity index (χ4n) is 1.71. The smallest absolute Gasteiger partial charge is 0.248 e. The van der Waals surface area contributed by atoms with Crippen LogP contribution in [-0.2, 0) is 0 Å². The van der Waals surface area contributed by atoms with Crippen LogP contribution in [0.2, 0.25) is 0 Å². The van der Waals surface area contributed by atoms with Crippen LogP contribution < -0.4 is 0 Å². The van der Waals surface area contributed by atoms with E-state index in [1.165, 1.54) is 10.9 Å². The molecule has 0 unspecified atom stereocenters. The SMILES string of the molecule is O=C(c1ccc(Br)o1)c1cnnn1-c1ccccc1. The molecule has 3 aromatic rings. The van der Waals surface area contributed by atoms with Gasteiger partial charge in [0.05, 0.1) is 11.9 Å². The summed E-state index contributed by atoms with van der Waals surface area (Å²) < 4.78 is 7.25. The van der Waals surface area contributed by atoms with Gasteiger partial charge in [0.1, 0.15) is 5.69 Å². The third-order valence-corrected chi connectivity index (χ3v) is 3.01. The van der Waals surface area contributed by atoms with Crippen molar-refractivity contribution < 1.29 is 9.21 Å². The minimum Gasteiger partial charge on any atom is -0.446 e. The van der Waals surface area contributed by atoms with E-state index in [2.05, 4.69) is 26.2 Å². The van der Waals surface area contributed by atoms with Crippen molar-refractivity contribution in [2.24, 2.45) is 0 Å². The van der Waals surface area contributed by atoms with Crippen LogP contribution in [0, 0.1) is 0 Å². The number of carbonyl (C=O) groups is 1. The van der Waals surface area contributed by atoms with Crippen molar-refractivity contribution in [1.82, 2.24) is 15.0 Å². The lowest BCUT2D eigenvalue weighted by Gasteiger charge is -2.03. The molecule has 0 aliphatic carbocycles. The molecule has 19 heavy (non-hydrogen) atoms. The Balaban J connectivity index is 2.03. The quantitative estimate of drug-likeness (QED) is 0.697. The van der Waals surface area contributed by atoms with Crippen LogP contribution in [0.1, 0.15) is 16.2 Å². The van der Waals surface area contributed by atoms with Crippen LogP contribution in [0.4, 0.5) is 0 Å². The standard InChI is InChI=1S/C13H8BrN3O2/c14-12-7-6-11(19-12)13(18)10-8-15-16-17(10)9-4-2-1-3-5-9/h1-8H. The van der Waals surface area contributed by atoms with Crippen LogP contribution in [0.3, 0.4) is 0 Å². The van der Waals surface area contributed by atoms with Gasteiger partial charge in [-0.05, 0) is 40.2 Å². The van der Waals surface area contributed by atoms with Crippen molar-refractivity contribution >= 4 is 21.7 Å². The fraction of sp³-hybridized carbons (Fsp3) is 0. The third-order valence-electron chi connectivity index (χ3n) is 2.58. The summed E-state index contributed by atoms with van der Waals surface area (Å²) in [4.78, 5) is 12.3. The first kappa shape index (κ1) is 11.9. The Hall–Kier alpha value is -2.21. The number of ketones is 1. The summed E-state index contributed by atoms with van der Waals surface area (Å²) in [5.41, 5.74) is 1.13. The molecule has 0 saturated carbocycles. The zero-order valence-electron chi connectivity index (χ0n) is 9.65. The van der Waals surface area contributed by atoms with Gasteiger partial charge < -0.3 is 4.42 Å². The summed E-state index contributed by atoms with van der Waals surface area (Å²) in [7, 11) is 0. The fourth-order valence-corrected chi connectivity index (χ4v) is 2.02. The highest BCUT2D eigenvalue weighted by Gasteiger charge is 2.19. The van der Waals surface area contributed by atoms with Gasteiger partial charge in [0.15, 0.2) is 10.4 Å². The average molecular weight is 318 g/mol. The van der Waals surface area contributed by atoms with Crippen molar-refractivity contribution in [2.45, 2.75) is 0 Å². The second-order valence-electron chi connectivity index (χ2n) is 3.80. The van der Waals surface area contributed by atoms with Crippen molar-refractivity contribution in [3.05, 3.63) is 64.8 Å². The van der Waals surface area contributed by atoms with E-state index in [0.29, 0.717) is 10.4 Å². The number of furan rings is 1. The minimum atomic E-state index is -0.264. The molecular weight excluding hydrogens is 310 g/mol. The van der Waals surface area contributed by atoms with E-state index < -0.39 is 0 Å². The molecule has 3 rings (SSSR count). The molecule has 0 aliphatic heterocycles. The minimum absolute atomic E-state index is 0.242. The van der Waals surface area contributed by atoms with Gasteiger partial charge in [-0.15, -0.1) is 5.10 Å². The van der Waals surface area contributed by atoms with Crippen LogP contribution in [0.5, 0.6) is 0 Å². The monoisotopic (exact) mass is 317 g/mol. The van der Waals surface area contributed by atoms with Crippen LogP contribution >= 0.6 is 15.9 Å². The number of nitrogens with zero attached hydrogens (tertiary/aromatic N) is 3. The van der Waals surface area contributed by atoms with E-state index in [0.717, 1.165) is 5.69 Å². The van der Waals surface area contributed by atoms with Gasteiger partial charge in [-0.1, -0.05) is 23.4 Å². The lowest BCUT2D eigenvalue weighted by atomic mass is 10.2. The molecule has 0 radical (unpaired) electrons. The van der Waals surface area contributed by atoms with Crippen LogP contribution in [0.25, 0.3) is 5.69 Å². The van der Waals surface area contributed by atoms with Crippen LogP contribution in [0.15, 0.2) is 57.7 Å². The highest BCUT2D eigenvalue weighted by atomic mass is 79.9. The maximum atomic E-state index is 12.3. The number of carbonyl (C=O) groups excluding carboxylic acids is 1. The Morgan fingerprint density at radius 2 is 1.95 bits per heavy atom. The van der Waals surface area contributed by atoms with Gasteiger partial charge in [-0.2, -0.15) is 0 Å². The van der Waals surface area contributed by atoms with Gasteiger partial charge in [0, 0.05) is 0 Å². The van der Waals surface area contributed by atoms with Gasteiger partial charge in [0.2, 0.25) is 5.78 Å². The lowest BCUT2D eigenvalue weighted by molar-refractivity contribution is 0.100. The molecule has 0 fully saturated rings. The zero-order chi connectivity index (χ0) is 13.2. The Labute approximate surface area is 117 Å². The normalized spacial score (nSPS) is 10.6. The van der Waals surface area contributed by atoms with E-state index in [-0.39, 0.29) is 11.5 Å². The molecule has 0 spiro atoms. The van der Waals surface area contributed by atoms with Crippen molar-refractivity contribution in [3.63, 3.8) is 0 Å². The predicted octanol–water partition coefficient (Wildman–Crippen LogP) is 2.85. The third kappa shape index (κ3) is 2.22. The number of para-hydroxylation sites is 1. The maximum Gasteiger partial charge on any atom is 0.248 e. The Morgan fingerprint density at radius 1 is 1.16 bits per heavy atom. The van der Waals surface area contributed by atoms with E-state index in [1.54, 1.807) is 12.1 Å². The Morgan fingerprint density at radius 3 is 2.63 bits per heavy atom. The largest absolute Gasteiger partial charge is 0.446 e. The van der Waals surface area contributed by atoms with E-state index in [4.69, 9.17) is 4.42 Å². The predicted molar refractivity (Wildman–Crippen MR) is 71.2 cm³/mol. The maximum absolute atomic E-state index is 12.3. The van der Waals surface area contributed by atoms with Crippen molar-refractivity contribution in [1.29, 1.82) is 0 Å². The summed E-state index contributed by atoms with van der Waals surface area (Å²) in [5, 5.41) is 7.72. The molecule has 0 amide bonds. The summed E-state index contributed by atoms with van der Waals surface area (Å²) in [6.45, 7) is 0. The Bertz CT molecular complexity index is 718. The van der Waals surface area contributed by atoms with E-state index in [9.17, 15) is 4.79 Å². The van der Waals surface area contributed by atoms with Gasteiger partial charge in [-0.25, -0.2) is 4.68 Å². The van der Waals surface area contributed by atoms with Crippen LogP contribution in [-0.4, -0.2) is 20.8 Å². The molecule has 94 valence electrons. The molecule has 0 bridgehead atoms. The van der Waals surface area contributed by atoms with E-state index in [1.807, 2.05) is 30.3 Å². The van der Waals surface area contributed by atoms with E-state index >= 15 is 0 Å². The molecule has 5 nitrogen and oxygen atoms in total. The molecule has 0 saturated heterocycles. The number of hydrogen-bond acceptors (Lipinski definition) is 4. The second kappa shape index (κ2) is 4.81. The highest BCUT2D eigenvalue weighted by molar-refractivity contribution is 9.10. The van der Waals surface area contributed by atoms with Gasteiger partial charge >= 0.3 is 0 Å². The second-order valence-corrected chi connectivity index (χ2v) is 4.58. The highest BCUT2D eigenvalue weighted by Crippen LogP contribution is 2.18. The molecule has 0 N–H and O–H groups in total. The van der Waals surface area contributed by atoms with Crippen molar-refractivity contribution in [2.75, 3.05) is 0 Å². The molecule has 0 aliphatic rings. The first-order valence-electron chi connectivity index (χ1n) is 5.52. The number of rotatable bonds is 3. The molecule has 2 aromatic heterocycles. The molecule has 2 heterocycles. The average Bonchev–Trinajstić information content (AvgIpc) is 3.07. The number of hydrogen-bond donors (Lipinski definition) is 0. The van der Waals surface area contributed by atoms with Gasteiger partial charge in [-0.3, -0.25) is 4.79 Å². The molecule has 1 aromatic carbocycles. The summed E-state index contributed by atoms with van der Waals surface area (Å²) >= 11 is 3.17. The molecule has 6 heteroatoms. The van der Waals surface area contributed by atoms with Gasteiger partial charge in [0.25, 0.3) is 0 Å². The zero-order valence-corrected chi connectivity index (χ0v) is 11.2. The topological polar surface area (TPSA) is 60.9 Å². The van der Waals surface area contributed by atoms with Crippen molar-refractivity contribution in [3.8, 4) is 5.69 Å². The number of benzene rings is 1. The summed E-state index contributed by atoms with van der Waals surface area (Å²) in [6, 6.07) is 12.6. The number of halogens is 1. The first-order valence-corrected chi connectivity index (χ1v) is 6.31. The number of aromatic nitrogens is 3. The Kier molecular flexibility index (Phi) is 3.00. The lowest BCUT2D eigenvalue weighted by Crippen LogP contribution is -2.09. The molecule has 0 atom stereocenters. The first-order chi connectivity index (χ1) is 9.25. The summed E-state index contributed by atoms with van der Waals surface area (Å²) in [5.74, 6) is -0.0223. The summed E-state index contributed by atoms with van der Waals surface area (Å²) in [6.07, 6.45) is 1.42. The molecular formula is C13H8BrN3O2.